The summed E-state index contributed by atoms with van der Waals surface area (Å²) in [4.78, 5) is 0. The van der Waals surface area contributed by atoms with E-state index in [9.17, 15) is 5.11 Å². The molecule has 19 heavy (non-hydrogen) atoms. The molecule has 1 spiro atoms. The van der Waals surface area contributed by atoms with E-state index in [4.69, 9.17) is 4.74 Å². The van der Waals surface area contributed by atoms with Gasteiger partial charge in [0.15, 0.2) is 0 Å². The summed E-state index contributed by atoms with van der Waals surface area (Å²) < 4.78 is 6.11. The second-order valence-electron chi connectivity index (χ2n) is 6.20. The Bertz CT molecular complexity index is 389. The number of rotatable bonds is 2. The van der Waals surface area contributed by atoms with Crippen molar-refractivity contribution in [3.8, 4) is 0 Å². The molecule has 2 fully saturated rings. The molecule has 1 aromatic carbocycles. The molecule has 1 aliphatic heterocycles. The Morgan fingerprint density at radius 1 is 1.11 bits per heavy atom. The average Bonchev–Trinajstić information content (AvgIpc) is 2.48. The van der Waals surface area contributed by atoms with Gasteiger partial charge in [0, 0.05) is 6.61 Å². The van der Waals surface area contributed by atoms with Gasteiger partial charge in [0.05, 0.1) is 11.7 Å². The van der Waals surface area contributed by atoms with Gasteiger partial charge >= 0.3 is 0 Å². The maximum absolute atomic E-state index is 10.6. The highest BCUT2D eigenvalue weighted by Crippen LogP contribution is 2.44. The molecule has 1 saturated heterocycles. The molecular weight excluding hydrogens is 236 g/mol. The molecule has 2 nitrogen and oxygen atoms in total. The molecule has 1 saturated carbocycles. The maximum Gasteiger partial charge on any atom is 0.0820 e. The van der Waals surface area contributed by atoms with E-state index in [1.807, 2.05) is 30.3 Å². The fourth-order valence-corrected chi connectivity index (χ4v) is 3.80. The van der Waals surface area contributed by atoms with Gasteiger partial charge in [-0.15, -0.1) is 0 Å². The lowest BCUT2D eigenvalue weighted by Gasteiger charge is -2.44. The zero-order chi connectivity index (χ0) is 13.1. The zero-order valence-corrected chi connectivity index (χ0v) is 11.6. The van der Waals surface area contributed by atoms with Gasteiger partial charge in [-0.25, -0.2) is 0 Å². The second kappa shape index (κ2) is 5.64. The fraction of sp³-hybridized carbons (Fsp3) is 0.647. The molecule has 0 bridgehead atoms. The maximum atomic E-state index is 10.6. The van der Waals surface area contributed by atoms with Crippen molar-refractivity contribution in [2.45, 2.75) is 56.7 Å². The normalized spacial score (nSPS) is 28.2. The summed E-state index contributed by atoms with van der Waals surface area (Å²) in [6.45, 7) is 0.814. The van der Waals surface area contributed by atoms with Crippen molar-refractivity contribution in [2.75, 3.05) is 6.61 Å². The minimum Gasteiger partial charge on any atom is -0.388 e. The molecule has 1 aliphatic carbocycles. The molecule has 2 atom stereocenters. The highest BCUT2D eigenvalue weighted by atomic mass is 16.5. The van der Waals surface area contributed by atoms with E-state index in [2.05, 4.69) is 0 Å². The first-order chi connectivity index (χ1) is 9.29. The quantitative estimate of drug-likeness (QED) is 0.875. The van der Waals surface area contributed by atoms with Crippen LogP contribution in [0.3, 0.4) is 0 Å². The van der Waals surface area contributed by atoms with Crippen molar-refractivity contribution in [2.24, 2.45) is 5.92 Å². The van der Waals surface area contributed by atoms with Crippen molar-refractivity contribution in [3.63, 3.8) is 0 Å². The van der Waals surface area contributed by atoms with E-state index < -0.39 is 0 Å². The molecule has 0 radical (unpaired) electrons. The molecule has 104 valence electrons. The predicted molar refractivity (Wildman–Crippen MR) is 75.9 cm³/mol. The van der Waals surface area contributed by atoms with E-state index in [1.165, 1.54) is 32.1 Å². The van der Waals surface area contributed by atoms with E-state index in [0.717, 1.165) is 25.0 Å². The van der Waals surface area contributed by atoms with Crippen LogP contribution in [0.1, 0.15) is 56.6 Å². The Kier molecular flexibility index (Phi) is 3.90. The van der Waals surface area contributed by atoms with Crippen LogP contribution in [0.4, 0.5) is 0 Å². The summed E-state index contributed by atoms with van der Waals surface area (Å²) in [5, 5.41) is 10.6. The van der Waals surface area contributed by atoms with Gasteiger partial charge in [-0.1, -0.05) is 49.6 Å². The first kappa shape index (κ1) is 13.1. The summed E-state index contributed by atoms with van der Waals surface area (Å²) in [6, 6.07) is 10.1. The third-order valence-electron chi connectivity index (χ3n) is 4.88. The first-order valence-electron chi connectivity index (χ1n) is 7.66. The third kappa shape index (κ3) is 2.85. The lowest BCUT2D eigenvalue weighted by atomic mass is 9.74. The summed E-state index contributed by atoms with van der Waals surface area (Å²) >= 11 is 0. The lowest BCUT2D eigenvalue weighted by Crippen LogP contribution is -2.42. The van der Waals surface area contributed by atoms with E-state index in [-0.39, 0.29) is 11.7 Å². The van der Waals surface area contributed by atoms with Crippen LogP contribution in [-0.2, 0) is 4.74 Å². The Morgan fingerprint density at radius 3 is 2.58 bits per heavy atom. The van der Waals surface area contributed by atoms with Gasteiger partial charge in [0.25, 0.3) is 0 Å². The minimum atomic E-state index is -0.330. The number of hydrogen-bond donors (Lipinski definition) is 1. The molecule has 2 unspecified atom stereocenters. The fourth-order valence-electron chi connectivity index (χ4n) is 3.80. The van der Waals surface area contributed by atoms with Gasteiger partial charge < -0.3 is 9.84 Å². The zero-order valence-electron chi connectivity index (χ0n) is 11.6. The summed E-state index contributed by atoms with van der Waals surface area (Å²) in [5.41, 5.74) is 1.14. The number of aliphatic hydroxyl groups is 1. The van der Waals surface area contributed by atoms with E-state index >= 15 is 0 Å². The van der Waals surface area contributed by atoms with Crippen LogP contribution in [0.15, 0.2) is 30.3 Å². The molecule has 1 N–H and O–H groups in total. The van der Waals surface area contributed by atoms with Crippen molar-refractivity contribution in [1.82, 2.24) is 0 Å². The van der Waals surface area contributed by atoms with Crippen LogP contribution >= 0.6 is 0 Å². The van der Waals surface area contributed by atoms with Crippen LogP contribution in [0.2, 0.25) is 0 Å². The number of ether oxygens (including phenoxy) is 1. The Balaban J connectivity index is 1.71. The summed E-state index contributed by atoms with van der Waals surface area (Å²) in [5.74, 6) is 0.356. The van der Waals surface area contributed by atoms with Crippen molar-refractivity contribution >= 4 is 0 Å². The van der Waals surface area contributed by atoms with Gasteiger partial charge in [-0.2, -0.15) is 0 Å². The average molecular weight is 260 g/mol. The predicted octanol–water partition coefficient (Wildman–Crippen LogP) is 3.85. The van der Waals surface area contributed by atoms with Crippen molar-refractivity contribution < 1.29 is 9.84 Å². The summed E-state index contributed by atoms with van der Waals surface area (Å²) in [6.07, 6.45) is 7.97. The van der Waals surface area contributed by atoms with Gasteiger partial charge in [0.1, 0.15) is 0 Å². The van der Waals surface area contributed by atoms with Crippen LogP contribution in [0.25, 0.3) is 0 Å². The van der Waals surface area contributed by atoms with Crippen LogP contribution < -0.4 is 0 Å². The number of hydrogen-bond acceptors (Lipinski definition) is 2. The monoisotopic (exact) mass is 260 g/mol. The first-order valence-corrected chi connectivity index (χ1v) is 7.66. The Labute approximate surface area is 115 Å². The van der Waals surface area contributed by atoms with Crippen LogP contribution in [0, 0.1) is 5.92 Å². The largest absolute Gasteiger partial charge is 0.388 e. The van der Waals surface area contributed by atoms with Gasteiger partial charge in [-0.05, 0) is 37.2 Å². The van der Waals surface area contributed by atoms with Gasteiger partial charge in [-0.3, -0.25) is 0 Å². The lowest BCUT2D eigenvalue weighted by molar-refractivity contribution is -0.134. The second-order valence-corrected chi connectivity index (χ2v) is 6.20. The molecule has 2 heteroatoms. The molecule has 1 aromatic rings. The topological polar surface area (TPSA) is 29.5 Å². The van der Waals surface area contributed by atoms with Crippen LogP contribution in [-0.4, -0.2) is 17.3 Å². The van der Waals surface area contributed by atoms with Crippen molar-refractivity contribution in [3.05, 3.63) is 35.9 Å². The van der Waals surface area contributed by atoms with E-state index in [0.29, 0.717) is 5.92 Å². The van der Waals surface area contributed by atoms with Crippen LogP contribution in [0.5, 0.6) is 0 Å². The molecule has 2 aliphatic rings. The Hall–Kier alpha value is -0.860. The smallest absolute Gasteiger partial charge is 0.0820 e. The van der Waals surface area contributed by atoms with Crippen molar-refractivity contribution in [1.29, 1.82) is 0 Å². The molecule has 0 aromatic heterocycles. The highest BCUT2D eigenvalue weighted by Gasteiger charge is 2.40. The molecular formula is C17H24O2. The SMILES string of the molecule is OC(c1ccccc1)C1CCOC2(CCCCC2)C1. The minimum absolute atomic E-state index is 0.0803. The van der Waals surface area contributed by atoms with Gasteiger partial charge in [0.2, 0.25) is 0 Å². The Morgan fingerprint density at radius 2 is 1.84 bits per heavy atom. The molecule has 1 heterocycles. The molecule has 3 rings (SSSR count). The highest BCUT2D eigenvalue weighted by molar-refractivity contribution is 5.18. The number of aliphatic hydroxyl groups excluding tert-OH is 1. The standard InChI is InChI=1S/C17H24O2/c18-16(14-7-3-1-4-8-14)15-9-12-19-17(13-15)10-5-2-6-11-17/h1,3-4,7-8,15-16,18H,2,5-6,9-13H2. The molecule has 0 amide bonds. The summed E-state index contributed by atoms with van der Waals surface area (Å²) in [7, 11) is 0. The number of benzene rings is 1. The van der Waals surface area contributed by atoms with E-state index in [1.54, 1.807) is 0 Å². The third-order valence-corrected chi connectivity index (χ3v) is 4.88.